The Morgan fingerprint density at radius 2 is 1.72 bits per heavy atom. The SMILES string of the molecule is CN(C)c1nc(-c2ccccc2)nc2c1CN(S(=O)(=O)c1cccc(C(F)(F)F)c1)CC2. The lowest BCUT2D eigenvalue weighted by atomic mass is 10.1. The van der Waals surface area contributed by atoms with E-state index >= 15 is 0 Å². The van der Waals surface area contributed by atoms with Crippen molar-refractivity contribution in [2.24, 2.45) is 0 Å². The molecule has 0 fully saturated rings. The standard InChI is InChI=1S/C22H21F3N4O2S/c1-28(2)21-18-14-29(32(30,31)17-10-6-9-16(13-17)22(23,24)25)12-11-19(18)26-20(27-21)15-7-4-3-5-8-15/h3-10,13H,11-12,14H2,1-2H3. The van der Waals surface area contributed by atoms with E-state index in [1.807, 2.05) is 30.3 Å². The first-order chi connectivity index (χ1) is 15.1. The molecule has 0 bridgehead atoms. The highest BCUT2D eigenvalue weighted by Crippen LogP contribution is 2.34. The number of halogens is 3. The van der Waals surface area contributed by atoms with Gasteiger partial charge in [-0.2, -0.15) is 17.5 Å². The third kappa shape index (κ3) is 4.20. The van der Waals surface area contributed by atoms with Crippen molar-refractivity contribution in [3.63, 3.8) is 0 Å². The van der Waals surface area contributed by atoms with Crippen LogP contribution < -0.4 is 4.90 Å². The molecule has 0 N–H and O–H groups in total. The van der Waals surface area contributed by atoms with Gasteiger partial charge in [-0.3, -0.25) is 0 Å². The highest BCUT2D eigenvalue weighted by Gasteiger charge is 2.35. The maximum atomic E-state index is 13.1. The van der Waals surface area contributed by atoms with Gasteiger partial charge in [0.1, 0.15) is 5.82 Å². The molecule has 2 heterocycles. The minimum Gasteiger partial charge on any atom is -0.362 e. The van der Waals surface area contributed by atoms with Gasteiger partial charge < -0.3 is 4.90 Å². The average Bonchev–Trinajstić information content (AvgIpc) is 2.78. The van der Waals surface area contributed by atoms with E-state index in [0.717, 1.165) is 23.4 Å². The Morgan fingerprint density at radius 1 is 1.00 bits per heavy atom. The highest BCUT2D eigenvalue weighted by atomic mass is 32.2. The monoisotopic (exact) mass is 462 g/mol. The number of sulfonamides is 1. The highest BCUT2D eigenvalue weighted by molar-refractivity contribution is 7.89. The lowest BCUT2D eigenvalue weighted by Crippen LogP contribution is -2.37. The van der Waals surface area contributed by atoms with Crippen LogP contribution in [0.1, 0.15) is 16.8 Å². The number of fused-ring (bicyclic) bond motifs is 1. The molecule has 6 nitrogen and oxygen atoms in total. The van der Waals surface area contributed by atoms with E-state index in [-0.39, 0.29) is 18.0 Å². The third-order valence-electron chi connectivity index (χ3n) is 5.26. The van der Waals surface area contributed by atoms with Crippen LogP contribution in [-0.4, -0.2) is 43.3 Å². The van der Waals surface area contributed by atoms with Crippen LogP contribution in [0.25, 0.3) is 11.4 Å². The predicted octanol–water partition coefficient (Wildman–Crippen LogP) is 3.98. The number of rotatable bonds is 4. The molecule has 0 amide bonds. The van der Waals surface area contributed by atoms with Crippen molar-refractivity contribution in [1.82, 2.24) is 14.3 Å². The van der Waals surface area contributed by atoms with E-state index in [4.69, 9.17) is 0 Å². The van der Waals surface area contributed by atoms with Crippen LogP contribution in [0.15, 0.2) is 59.5 Å². The number of benzene rings is 2. The van der Waals surface area contributed by atoms with Gasteiger partial charge in [0.25, 0.3) is 0 Å². The summed E-state index contributed by atoms with van der Waals surface area (Å²) in [7, 11) is -0.527. The molecule has 2 aromatic carbocycles. The minimum atomic E-state index is -4.63. The zero-order valence-electron chi connectivity index (χ0n) is 17.5. The van der Waals surface area contributed by atoms with Crippen molar-refractivity contribution in [3.8, 4) is 11.4 Å². The Morgan fingerprint density at radius 3 is 2.38 bits per heavy atom. The van der Waals surface area contributed by atoms with Gasteiger partial charge in [0.2, 0.25) is 10.0 Å². The second kappa shape index (κ2) is 8.18. The van der Waals surface area contributed by atoms with E-state index in [1.54, 1.807) is 19.0 Å². The van der Waals surface area contributed by atoms with Crippen molar-refractivity contribution >= 4 is 15.8 Å². The van der Waals surface area contributed by atoms with E-state index in [1.165, 1.54) is 10.4 Å². The molecule has 0 aliphatic carbocycles. The molecule has 0 saturated heterocycles. The van der Waals surface area contributed by atoms with Crippen molar-refractivity contribution in [1.29, 1.82) is 0 Å². The van der Waals surface area contributed by atoms with Crippen LogP contribution >= 0.6 is 0 Å². The van der Waals surface area contributed by atoms with E-state index in [0.29, 0.717) is 29.7 Å². The molecular formula is C22H21F3N4O2S. The molecule has 168 valence electrons. The lowest BCUT2D eigenvalue weighted by Gasteiger charge is -2.30. The number of hydrogen-bond donors (Lipinski definition) is 0. The molecule has 1 aromatic heterocycles. The molecule has 4 rings (SSSR count). The summed E-state index contributed by atoms with van der Waals surface area (Å²) in [4.78, 5) is 10.7. The molecule has 3 aromatic rings. The Bertz CT molecular complexity index is 1250. The van der Waals surface area contributed by atoms with Crippen LogP contribution in [0.3, 0.4) is 0 Å². The summed E-state index contributed by atoms with van der Waals surface area (Å²) < 4.78 is 66.7. The van der Waals surface area contributed by atoms with Gasteiger partial charge in [0.05, 0.1) is 16.2 Å². The summed E-state index contributed by atoms with van der Waals surface area (Å²) in [5.41, 5.74) is 1.23. The number of nitrogens with zero attached hydrogens (tertiary/aromatic N) is 4. The Balaban J connectivity index is 1.72. The van der Waals surface area contributed by atoms with Gasteiger partial charge >= 0.3 is 6.18 Å². The fraction of sp³-hybridized carbons (Fsp3) is 0.273. The first-order valence-corrected chi connectivity index (χ1v) is 11.3. The zero-order valence-corrected chi connectivity index (χ0v) is 18.3. The summed E-state index contributed by atoms with van der Waals surface area (Å²) in [6.07, 6.45) is -4.30. The minimum absolute atomic E-state index is 0.0174. The molecule has 0 radical (unpaired) electrons. The fourth-order valence-corrected chi connectivity index (χ4v) is 5.10. The number of aromatic nitrogens is 2. The summed E-state index contributed by atoms with van der Waals surface area (Å²) >= 11 is 0. The van der Waals surface area contributed by atoms with Gasteiger partial charge in [-0.15, -0.1) is 0 Å². The van der Waals surface area contributed by atoms with Gasteiger partial charge in [-0.05, 0) is 18.2 Å². The van der Waals surface area contributed by atoms with Crippen molar-refractivity contribution in [3.05, 3.63) is 71.4 Å². The van der Waals surface area contributed by atoms with E-state index in [2.05, 4.69) is 9.97 Å². The molecule has 32 heavy (non-hydrogen) atoms. The third-order valence-corrected chi connectivity index (χ3v) is 7.10. The van der Waals surface area contributed by atoms with E-state index in [9.17, 15) is 21.6 Å². The molecule has 0 unspecified atom stereocenters. The number of alkyl halides is 3. The molecule has 0 spiro atoms. The molecular weight excluding hydrogens is 441 g/mol. The molecule has 0 saturated carbocycles. The Labute approximate surface area is 184 Å². The fourth-order valence-electron chi connectivity index (χ4n) is 3.65. The number of anilines is 1. The first kappa shape index (κ1) is 22.2. The second-order valence-corrected chi connectivity index (χ2v) is 9.61. The molecule has 0 atom stereocenters. The van der Waals surface area contributed by atoms with Gasteiger partial charge in [0.15, 0.2) is 5.82 Å². The zero-order chi connectivity index (χ0) is 23.1. The summed E-state index contributed by atoms with van der Waals surface area (Å²) in [5, 5.41) is 0. The second-order valence-electron chi connectivity index (χ2n) is 7.67. The van der Waals surface area contributed by atoms with Gasteiger partial charge in [-0.1, -0.05) is 36.4 Å². The molecule has 10 heteroatoms. The maximum absolute atomic E-state index is 13.1. The van der Waals surface area contributed by atoms with Crippen LogP contribution in [0.5, 0.6) is 0 Å². The molecule has 1 aliphatic heterocycles. The summed E-state index contributed by atoms with van der Waals surface area (Å²) in [5.74, 6) is 1.13. The Kier molecular flexibility index (Phi) is 5.68. The van der Waals surface area contributed by atoms with E-state index < -0.39 is 21.8 Å². The van der Waals surface area contributed by atoms with Gasteiger partial charge in [0, 0.05) is 44.7 Å². The van der Waals surface area contributed by atoms with Gasteiger partial charge in [-0.25, -0.2) is 18.4 Å². The van der Waals surface area contributed by atoms with Crippen molar-refractivity contribution < 1.29 is 21.6 Å². The maximum Gasteiger partial charge on any atom is 0.416 e. The van der Waals surface area contributed by atoms with Crippen molar-refractivity contribution in [2.45, 2.75) is 24.0 Å². The summed E-state index contributed by atoms with van der Waals surface area (Å²) in [6, 6.07) is 13.3. The number of hydrogen-bond acceptors (Lipinski definition) is 5. The summed E-state index contributed by atoms with van der Waals surface area (Å²) in [6.45, 7) is 0.0974. The smallest absolute Gasteiger partial charge is 0.362 e. The molecule has 1 aliphatic rings. The van der Waals surface area contributed by atoms with Crippen LogP contribution in [-0.2, 0) is 29.2 Å². The first-order valence-electron chi connectivity index (χ1n) is 9.87. The van der Waals surface area contributed by atoms with Crippen LogP contribution in [0.4, 0.5) is 19.0 Å². The Hall–Kier alpha value is -2.98. The van der Waals surface area contributed by atoms with Crippen LogP contribution in [0, 0.1) is 0 Å². The van der Waals surface area contributed by atoms with Crippen LogP contribution in [0.2, 0.25) is 0 Å². The average molecular weight is 462 g/mol. The topological polar surface area (TPSA) is 66.4 Å². The van der Waals surface area contributed by atoms with Crippen molar-refractivity contribution in [2.75, 3.05) is 25.5 Å². The largest absolute Gasteiger partial charge is 0.416 e. The lowest BCUT2D eigenvalue weighted by molar-refractivity contribution is -0.137. The normalized spacial score (nSPS) is 14.8. The predicted molar refractivity (Wildman–Crippen MR) is 115 cm³/mol. The quantitative estimate of drug-likeness (QED) is 0.587.